The first-order valence-corrected chi connectivity index (χ1v) is 14.7. The SMILES string of the molecule is O=C1C(Cc2csc3ccccc23)[N+](Cc2ccncc2)(OC(=O)C(F)(F)F)C(=O)N1c1ccc(S(=O)(=O)C(F)(F)F)cc1. The van der Waals surface area contributed by atoms with Crippen LogP contribution in [0.25, 0.3) is 10.1 Å². The van der Waals surface area contributed by atoms with E-state index in [2.05, 4.69) is 4.98 Å². The molecule has 230 valence electrons. The minimum absolute atomic E-state index is 0.157. The first kappa shape index (κ1) is 31.1. The number of fused-ring (bicyclic) bond motifs is 1. The zero-order valence-electron chi connectivity index (χ0n) is 21.9. The number of hydroxylamine groups is 3. The largest absolute Gasteiger partial charge is 0.501 e. The summed E-state index contributed by atoms with van der Waals surface area (Å²) in [6.07, 6.45) is -3.44. The van der Waals surface area contributed by atoms with Gasteiger partial charge in [0.15, 0.2) is 6.54 Å². The molecular formula is C27H18F6N3O6S2+. The number of anilines is 1. The highest BCUT2D eigenvalue weighted by Crippen LogP contribution is 2.40. The molecule has 0 spiro atoms. The molecule has 17 heteroatoms. The maximum atomic E-state index is 14.1. The Hall–Kier alpha value is -4.35. The van der Waals surface area contributed by atoms with Crippen LogP contribution in [0.3, 0.4) is 0 Å². The first-order chi connectivity index (χ1) is 20.6. The third-order valence-electron chi connectivity index (χ3n) is 6.85. The Morgan fingerprint density at radius 3 is 2.20 bits per heavy atom. The van der Waals surface area contributed by atoms with Crippen molar-refractivity contribution >= 4 is 54.9 Å². The van der Waals surface area contributed by atoms with E-state index in [9.17, 15) is 49.1 Å². The summed E-state index contributed by atoms with van der Waals surface area (Å²) < 4.78 is 102. The summed E-state index contributed by atoms with van der Waals surface area (Å²) in [6, 6.07) is 8.74. The zero-order chi connectivity index (χ0) is 32.1. The fraction of sp³-hybridized carbons (Fsp3) is 0.185. The quantitative estimate of drug-likeness (QED) is 0.142. The third kappa shape index (κ3) is 5.41. The number of halogens is 6. The number of rotatable bonds is 7. The third-order valence-corrected chi connectivity index (χ3v) is 9.37. The van der Waals surface area contributed by atoms with Crippen LogP contribution in [0, 0.1) is 0 Å². The molecule has 9 nitrogen and oxygen atoms in total. The van der Waals surface area contributed by atoms with Gasteiger partial charge >= 0.3 is 29.6 Å². The summed E-state index contributed by atoms with van der Waals surface area (Å²) in [6.45, 7) is -0.751. The van der Waals surface area contributed by atoms with E-state index < -0.39 is 67.2 Å². The van der Waals surface area contributed by atoms with Crippen LogP contribution < -0.4 is 4.90 Å². The Balaban J connectivity index is 1.66. The molecule has 0 aliphatic carbocycles. The number of benzene rings is 2. The van der Waals surface area contributed by atoms with Gasteiger partial charge in [-0.2, -0.15) is 31.2 Å². The standard InChI is InChI=1S/C27H18F6N3O6S2/c28-26(29,30)24(38)42-36(14-16-9-11-34-12-10-16)21(13-17-15-43-22-4-2-1-3-20(17)22)23(37)35(25(36)39)18-5-7-19(8-6-18)44(40,41)27(31,32)33/h1-12,15,21H,13-14H2/q+1. The lowest BCUT2D eigenvalue weighted by atomic mass is 10.0. The zero-order valence-corrected chi connectivity index (χ0v) is 23.5. The molecule has 1 aliphatic heterocycles. The average molecular weight is 659 g/mol. The molecular weight excluding hydrogens is 640 g/mol. The van der Waals surface area contributed by atoms with E-state index in [0.717, 1.165) is 16.8 Å². The lowest BCUT2D eigenvalue weighted by Gasteiger charge is -2.31. The van der Waals surface area contributed by atoms with Crippen LogP contribution in [0.1, 0.15) is 11.1 Å². The maximum absolute atomic E-state index is 14.1. The number of pyridine rings is 1. The highest BCUT2D eigenvalue weighted by atomic mass is 32.2. The van der Waals surface area contributed by atoms with Gasteiger partial charge in [-0.15, -0.1) is 11.3 Å². The number of urea groups is 1. The van der Waals surface area contributed by atoms with Crippen LogP contribution in [0.5, 0.6) is 0 Å². The first-order valence-electron chi connectivity index (χ1n) is 12.4. The summed E-state index contributed by atoms with van der Waals surface area (Å²) in [4.78, 5) is 48.2. The molecule has 4 aromatic rings. The Morgan fingerprint density at radius 2 is 1.59 bits per heavy atom. The van der Waals surface area contributed by atoms with Crippen LogP contribution in [0.15, 0.2) is 83.3 Å². The van der Waals surface area contributed by atoms with Crippen LogP contribution in [-0.4, -0.2) is 53.7 Å². The van der Waals surface area contributed by atoms with E-state index in [1.165, 1.54) is 35.9 Å². The molecule has 2 atom stereocenters. The van der Waals surface area contributed by atoms with E-state index >= 15 is 0 Å². The molecule has 2 aromatic carbocycles. The summed E-state index contributed by atoms with van der Waals surface area (Å²) in [5.74, 6) is -3.90. The molecule has 1 fully saturated rings. The molecule has 1 aliphatic rings. The second-order valence-electron chi connectivity index (χ2n) is 9.56. The fourth-order valence-electron chi connectivity index (χ4n) is 4.78. The normalized spacial score (nSPS) is 19.5. The number of quaternary nitrogens is 1. The van der Waals surface area contributed by atoms with Gasteiger partial charge in [-0.25, -0.2) is 18.0 Å². The molecule has 44 heavy (non-hydrogen) atoms. The minimum Gasteiger partial charge on any atom is -0.267 e. The number of hydrogen-bond donors (Lipinski definition) is 0. The number of imide groups is 1. The van der Waals surface area contributed by atoms with Gasteiger partial charge in [0, 0.05) is 29.1 Å². The molecule has 3 amide bonds. The van der Waals surface area contributed by atoms with Gasteiger partial charge in [0.05, 0.1) is 10.6 Å². The molecule has 0 N–H and O–H groups in total. The maximum Gasteiger partial charge on any atom is 0.501 e. The predicted molar refractivity (Wildman–Crippen MR) is 142 cm³/mol. The number of alkyl halides is 6. The number of hydrogen-bond acceptors (Lipinski definition) is 8. The molecule has 5 rings (SSSR count). The molecule has 2 aromatic heterocycles. The van der Waals surface area contributed by atoms with Gasteiger partial charge in [0.2, 0.25) is 6.04 Å². The van der Waals surface area contributed by atoms with Gasteiger partial charge in [-0.05, 0) is 63.4 Å². The van der Waals surface area contributed by atoms with Crippen molar-refractivity contribution in [2.24, 2.45) is 0 Å². The van der Waals surface area contributed by atoms with Crippen LogP contribution in [0.4, 0.5) is 36.8 Å². The number of carbonyl (C=O) groups excluding carboxylic acids is 3. The van der Waals surface area contributed by atoms with Crippen LogP contribution in [-0.2, 0) is 37.2 Å². The smallest absolute Gasteiger partial charge is 0.267 e. The summed E-state index contributed by atoms with van der Waals surface area (Å²) in [5, 5.41) is 2.26. The Morgan fingerprint density at radius 1 is 0.955 bits per heavy atom. The summed E-state index contributed by atoms with van der Waals surface area (Å²) in [5.41, 5.74) is -5.50. The van der Waals surface area contributed by atoms with Crippen LogP contribution in [0.2, 0.25) is 0 Å². The van der Waals surface area contributed by atoms with Gasteiger partial charge in [-0.3, -0.25) is 14.6 Å². The van der Waals surface area contributed by atoms with Crippen molar-refractivity contribution in [1.29, 1.82) is 0 Å². The summed E-state index contributed by atoms with van der Waals surface area (Å²) in [7, 11) is -5.80. The second-order valence-corrected chi connectivity index (χ2v) is 12.4. The van der Waals surface area contributed by atoms with Crippen molar-refractivity contribution in [3.05, 3.63) is 89.6 Å². The number of amides is 3. The van der Waals surface area contributed by atoms with E-state index in [0.29, 0.717) is 28.0 Å². The number of sulfone groups is 1. The van der Waals surface area contributed by atoms with Crippen molar-refractivity contribution in [3.63, 3.8) is 0 Å². The molecule has 0 radical (unpaired) electrons. The van der Waals surface area contributed by atoms with Crippen molar-refractivity contribution in [1.82, 2.24) is 4.98 Å². The van der Waals surface area contributed by atoms with Crippen molar-refractivity contribution in [2.45, 2.75) is 35.6 Å². The Labute approximate surface area is 248 Å². The highest BCUT2D eigenvalue weighted by Gasteiger charge is 2.67. The lowest BCUT2D eigenvalue weighted by Crippen LogP contribution is -2.58. The van der Waals surface area contributed by atoms with E-state index in [4.69, 9.17) is 4.84 Å². The molecule has 2 unspecified atom stereocenters. The number of carbonyl (C=O) groups is 3. The monoisotopic (exact) mass is 658 g/mol. The van der Waals surface area contributed by atoms with Crippen molar-refractivity contribution in [3.8, 4) is 0 Å². The number of aromatic nitrogens is 1. The molecule has 3 heterocycles. The minimum atomic E-state index is -5.80. The Bertz CT molecular complexity index is 1860. The van der Waals surface area contributed by atoms with Gasteiger partial charge in [-0.1, -0.05) is 18.2 Å². The topological polar surface area (TPSA) is 111 Å². The van der Waals surface area contributed by atoms with Gasteiger partial charge < -0.3 is 0 Å². The number of nitrogens with zero attached hydrogens (tertiary/aromatic N) is 3. The Kier molecular flexibility index (Phi) is 7.75. The highest BCUT2D eigenvalue weighted by molar-refractivity contribution is 7.92. The second kappa shape index (κ2) is 11.0. The van der Waals surface area contributed by atoms with Crippen molar-refractivity contribution in [2.75, 3.05) is 4.90 Å². The predicted octanol–water partition coefficient (Wildman–Crippen LogP) is 5.71. The number of thiophene rings is 1. The average Bonchev–Trinajstić information content (AvgIpc) is 3.45. The summed E-state index contributed by atoms with van der Waals surface area (Å²) >= 11 is 1.26. The fourth-order valence-corrected chi connectivity index (χ4v) is 6.51. The molecule has 0 bridgehead atoms. The van der Waals surface area contributed by atoms with Gasteiger partial charge in [0.1, 0.15) is 0 Å². The van der Waals surface area contributed by atoms with Crippen molar-refractivity contribution < 1.29 is 58.6 Å². The van der Waals surface area contributed by atoms with Gasteiger partial charge in [0.25, 0.3) is 9.84 Å². The van der Waals surface area contributed by atoms with E-state index in [1.54, 1.807) is 29.6 Å². The van der Waals surface area contributed by atoms with E-state index in [1.807, 2.05) is 0 Å². The molecule has 1 saturated heterocycles. The molecule has 0 saturated carbocycles. The van der Waals surface area contributed by atoms with E-state index in [-0.39, 0.29) is 12.0 Å². The van der Waals surface area contributed by atoms with Crippen LogP contribution >= 0.6 is 11.3 Å². The lowest BCUT2D eigenvalue weighted by molar-refractivity contribution is -1.04.